The van der Waals surface area contributed by atoms with Crippen LogP contribution in [0.3, 0.4) is 0 Å². The lowest BCUT2D eigenvalue weighted by Crippen LogP contribution is -2.15. The highest BCUT2D eigenvalue weighted by atomic mass is 16.5. The highest BCUT2D eigenvalue weighted by Gasteiger charge is 2.22. The molecule has 0 bridgehead atoms. The van der Waals surface area contributed by atoms with Gasteiger partial charge in [-0.15, -0.1) is 0 Å². The number of aromatic nitrogens is 4. The average molecular weight is 415 g/mol. The molecular weight excluding hydrogens is 390 g/mol. The molecule has 4 aromatic rings. The van der Waals surface area contributed by atoms with E-state index in [1.807, 2.05) is 74.0 Å². The molecule has 0 saturated carbocycles. The van der Waals surface area contributed by atoms with E-state index in [2.05, 4.69) is 20.6 Å². The lowest BCUT2D eigenvalue weighted by Gasteiger charge is -2.12. The number of hydrogen-bond acceptors (Lipinski definition) is 4. The first-order valence-electron chi connectivity index (χ1n) is 10.1. The van der Waals surface area contributed by atoms with Gasteiger partial charge in [0.05, 0.1) is 35.9 Å². The van der Waals surface area contributed by atoms with Crippen molar-refractivity contribution in [1.82, 2.24) is 20.0 Å². The third-order valence-corrected chi connectivity index (χ3v) is 5.09. The standard InChI is InChI=1S/C24H25N5O2/c1-15(2)23-19(14-25-29(23)17-11-9-16(3)10-12-17)24(30)26-22-13-20(27-28-22)18-7-5-6-8-21(18)31-4/h5-15H,1-4H3,(H2,26,27,28,30). The molecule has 1 amide bonds. The summed E-state index contributed by atoms with van der Waals surface area (Å²) in [6.45, 7) is 6.14. The van der Waals surface area contributed by atoms with Crippen molar-refractivity contribution in [1.29, 1.82) is 0 Å². The number of carbonyl (C=O) groups excluding carboxylic acids is 1. The van der Waals surface area contributed by atoms with Gasteiger partial charge in [-0.2, -0.15) is 10.2 Å². The minimum Gasteiger partial charge on any atom is -0.496 e. The summed E-state index contributed by atoms with van der Waals surface area (Å²) in [7, 11) is 1.62. The van der Waals surface area contributed by atoms with Crippen LogP contribution in [0.15, 0.2) is 60.8 Å². The van der Waals surface area contributed by atoms with E-state index < -0.39 is 0 Å². The Labute approximate surface area is 181 Å². The number of ether oxygens (including phenoxy) is 1. The van der Waals surface area contributed by atoms with Gasteiger partial charge in [-0.1, -0.05) is 43.7 Å². The van der Waals surface area contributed by atoms with Gasteiger partial charge in [0.2, 0.25) is 0 Å². The first kappa shape index (κ1) is 20.4. The molecule has 2 N–H and O–H groups in total. The van der Waals surface area contributed by atoms with Crippen molar-refractivity contribution in [2.24, 2.45) is 0 Å². The fraction of sp³-hybridized carbons (Fsp3) is 0.208. The number of aromatic amines is 1. The number of nitrogens with zero attached hydrogens (tertiary/aromatic N) is 3. The lowest BCUT2D eigenvalue weighted by atomic mass is 10.0. The second-order valence-electron chi connectivity index (χ2n) is 7.67. The molecule has 7 heteroatoms. The Hall–Kier alpha value is -3.87. The summed E-state index contributed by atoms with van der Waals surface area (Å²) < 4.78 is 7.23. The zero-order chi connectivity index (χ0) is 22.0. The molecule has 0 aliphatic heterocycles. The number of anilines is 1. The van der Waals surface area contributed by atoms with Crippen LogP contribution in [0.1, 0.15) is 41.4 Å². The zero-order valence-electron chi connectivity index (χ0n) is 18.0. The predicted molar refractivity (Wildman–Crippen MR) is 121 cm³/mol. The number of amides is 1. The molecule has 0 aliphatic rings. The Kier molecular flexibility index (Phi) is 5.58. The van der Waals surface area contributed by atoms with E-state index in [1.54, 1.807) is 19.4 Å². The largest absolute Gasteiger partial charge is 0.496 e. The first-order valence-corrected chi connectivity index (χ1v) is 10.1. The van der Waals surface area contributed by atoms with E-state index in [-0.39, 0.29) is 11.8 Å². The molecule has 31 heavy (non-hydrogen) atoms. The van der Waals surface area contributed by atoms with Crippen LogP contribution >= 0.6 is 0 Å². The highest BCUT2D eigenvalue weighted by molar-refractivity contribution is 6.04. The van der Waals surface area contributed by atoms with Crippen LogP contribution in [0.25, 0.3) is 16.9 Å². The summed E-state index contributed by atoms with van der Waals surface area (Å²) in [5.74, 6) is 1.02. The van der Waals surface area contributed by atoms with E-state index >= 15 is 0 Å². The smallest absolute Gasteiger partial charge is 0.260 e. The van der Waals surface area contributed by atoms with Gasteiger partial charge in [-0.05, 0) is 37.1 Å². The third kappa shape index (κ3) is 4.07. The number of methoxy groups -OCH3 is 1. The molecule has 2 heterocycles. The van der Waals surface area contributed by atoms with Gasteiger partial charge in [0.15, 0.2) is 5.82 Å². The topological polar surface area (TPSA) is 84.8 Å². The number of aryl methyl sites for hydroxylation is 1. The molecule has 2 aromatic carbocycles. The predicted octanol–water partition coefficient (Wildman–Crippen LogP) is 4.96. The molecule has 158 valence electrons. The van der Waals surface area contributed by atoms with Crippen LogP contribution in [-0.2, 0) is 0 Å². The summed E-state index contributed by atoms with van der Waals surface area (Å²) in [6, 6.07) is 17.5. The molecule has 4 rings (SSSR count). The Bertz CT molecular complexity index is 1200. The molecule has 7 nitrogen and oxygen atoms in total. The Morgan fingerprint density at radius 2 is 1.87 bits per heavy atom. The molecule has 0 atom stereocenters. The second-order valence-corrected chi connectivity index (χ2v) is 7.67. The summed E-state index contributed by atoms with van der Waals surface area (Å²) >= 11 is 0. The number of benzene rings is 2. The SMILES string of the molecule is COc1ccccc1-c1cc(NC(=O)c2cnn(-c3ccc(C)cc3)c2C(C)C)n[nH]1. The summed E-state index contributed by atoms with van der Waals surface area (Å²) in [5.41, 5.74) is 5.09. The zero-order valence-corrected chi connectivity index (χ0v) is 18.0. The summed E-state index contributed by atoms with van der Waals surface area (Å²) in [5, 5.41) is 14.6. The summed E-state index contributed by atoms with van der Waals surface area (Å²) in [6.07, 6.45) is 1.61. The fourth-order valence-corrected chi connectivity index (χ4v) is 3.55. The molecule has 0 unspecified atom stereocenters. The maximum absolute atomic E-state index is 13.1. The maximum Gasteiger partial charge on any atom is 0.260 e. The Morgan fingerprint density at radius 3 is 2.58 bits per heavy atom. The van der Waals surface area contributed by atoms with E-state index in [9.17, 15) is 4.79 Å². The van der Waals surface area contributed by atoms with Crippen LogP contribution in [0.4, 0.5) is 5.82 Å². The fourth-order valence-electron chi connectivity index (χ4n) is 3.55. The van der Waals surface area contributed by atoms with Gasteiger partial charge in [0, 0.05) is 11.6 Å². The Balaban J connectivity index is 1.61. The van der Waals surface area contributed by atoms with Gasteiger partial charge in [0.25, 0.3) is 5.91 Å². The van der Waals surface area contributed by atoms with E-state index in [0.29, 0.717) is 11.4 Å². The van der Waals surface area contributed by atoms with Crippen LogP contribution in [0.5, 0.6) is 5.75 Å². The monoisotopic (exact) mass is 415 g/mol. The average Bonchev–Trinajstić information content (AvgIpc) is 3.41. The molecule has 0 radical (unpaired) electrons. The third-order valence-electron chi connectivity index (χ3n) is 5.09. The van der Waals surface area contributed by atoms with Crippen molar-refractivity contribution in [2.45, 2.75) is 26.7 Å². The van der Waals surface area contributed by atoms with Crippen molar-refractivity contribution in [3.05, 3.63) is 77.6 Å². The molecule has 0 saturated heterocycles. The molecule has 2 aromatic heterocycles. The minimum absolute atomic E-state index is 0.105. The number of nitrogens with one attached hydrogen (secondary N) is 2. The highest BCUT2D eigenvalue weighted by Crippen LogP contribution is 2.30. The van der Waals surface area contributed by atoms with Gasteiger partial charge in [-0.3, -0.25) is 9.89 Å². The van der Waals surface area contributed by atoms with E-state index in [4.69, 9.17) is 4.74 Å². The number of rotatable bonds is 6. The minimum atomic E-state index is -0.250. The first-order chi connectivity index (χ1) is 15.0. The van der Waals surface area contributed by atoms with E-state index in [1.165, 1.54) is 5.56 Å². The van der Waals surface area contributed by atoms with Crippen LogP contribution < -0.4 is 10.1 Å². The maximum atomic E-state index is 13.1. The van der Waals surface area contributed by atoms with Gasteiger partial charge >= 0.3 is 0 Å². The van der Waals surface area contributed by atoms with Crippen molar-refractivity contribution >= 4 is 11.7 Å². The normalized spacial score (nSPS) is 11.0. The van der Waals surface area contributed by atoms with Crippen molar-refractivity contribution in [3.63, 3.8) is 0 Å². The van der Waals surface area contributed by atoms with Crippen LogP contribution in [-0.4, -0.2) is 33.0 Å². The van der Waals surface area contributed by atoms with Gasteiger partial charge < -0.3 is 10.1 Å². The number of carbonyl (C=O) groups is 1. The number of hydrogen-bond donors (Lipinski definition) is 2. The van der Waals surface area contributed by atoms with Crippen LogP contribution in [0, 0.1) is 6.92 Å². The van der Waals surface area contributed by atoms with Crippen LogP contribution in [0.2, 0.25) is 0 Å². The number of para-hydroxylation sites is 1. The van der Waals surface area contributed by atoms with E-state index in [0.717, 1.165) is 28.4 Å². The molecule has 0 spiro atoms. The Morgan fingerprint density at radius 1 is 1.13 bits per heavy atom. The van der Waals surface area contributed by atoms with Gasteiger partial charge in [0.1, 0.15) is 5.75 Å². The molecule has 0 fully saturated rings. The van der Waals surface area contributed by atoms with Gasteiger partial charge in [-0.25, -0.2) is 4.68 Å². The quantitative estimate of drug-likeness (QED) is 0.466. The summed E-state index contributed by atoms with van der Waals surface area (Å²) in [4.78, 5) is 13.1. The van der Waals surface area contributed by atoms with Crippen molar-refractivity contribution in [2.75, 3.05) is 12.4 Å². The lowest BCUT2D eigenvalue weighted by molar-refractivity contribution is 0.102. The number of H-pyrrole nitrogens is 1. The van der Waals surface area contributed by atoms with Crippen molar-refractivity contribution < 1.29 is 9.53 Å². The molecule has 0 aliphatic carbocycles. The second kappa shape index (κ2) is 8.47. The molecular formula is C24H25N5O2. The van der Waals surface area contributed by atoms with Crippen molar-refractivity contribution in [3.8, 4) is 22.7 Å².